The molecule has 1 spiro atoms. The zero-order valence-electron chi connectivity index (χ0n) is 8.03. The fraction of sp³-hybridized carbons (Fsp3) is 1.00. The molecule has 0 aromatic heterocycles. The summed E-state index contributed by atoms with van der Waals surface area (Å²) in [6, 6.07) is 0. The summed E-state index contributed by atoms with van der Waals surface area (Å²) in [5.41, 5.74) is 0.737. The normalized spacial score (nSPS) is 31.2. The van der Waals surface area contributed by atoms with Crippen LogP contribution in [0, 0.1) is 11.3 Å². The van der Waals surface area contributed by atoms with Crippen molar-refractivity contribution in [2.45, 2.75) is 26.2 Å². The molecule has 0 radical (unpaired) electrons. The van der Waals surface area contributed by atoms with Crippen molar-refractivity contribution < 1.29 is 0 Å². The van der Waals surface area contributed by atoms with Crippen LogP contribution in [-0.4, -0.2) is 26.2 Å². The first kappa shape index (κ1) is 8.52. The van der Waals surface area contributed by atoms with Crippen LogP contribution >= 0.6 is 0 Å². The topological polar surface area (TPSA) is 24.1 Å². The second-order valence-electron chi connectivity index (χ2n) is 4.39. The van der Waals surface area contributed by atoms with Crippen molar-refractivity contribution >= 4 is 0 Å². The third-order valence-corrected chi connectivity index (χ3v) is 3.44. The highest BCUT2D eigenvalue weighted by atomic mass is 15.0. The van der Waals surface area contributed by atoms with Gasteiger partial charge in [-0.05, 0) is 50.2 Å². The molecular formula is C10H20N2. The first-order valence-electron chi connectivity index (χ1n) is 5.29. The van der Waals surface area contributed by atoms with Crippen molar-refractivity contribution in [2.75, 3.05) is 26.2 Å². The van der Waals surface area contributed by atoms with Crippen LogP contribution in [0.3, 0.4) is 0 Å². The van der Waals surface area contributed by atoms with Gasteiger partial charge >= 0.3 is 0 Å². The standard InChI is InChI=1S/C10H20N2/c1-2-5-11-6-9-7-12-8-10(9)3-4-10/h9,11-12H,2-8H2,1H3. The number of nitrogens with one attached hydrogen (secondary N) is 2. The van der Waals surface area contributed by atoms with E-state index in [4.69, 9.17) is 0 Å². The third kappa shape index (κ3) is 1.50. The lowest BCUT2D eigenvalue weighted by atomic mass is 9.93. The van der Waals surface area contributed by atoms with Gasteiger partial charge in [0, 0.05) is 6.54 Å². The van der Waals surface area contributed by atoms with Gasteiger partial charge in [-0.2, -0.15) is 0 Å². The van der Waals surface area contributed by atoms with Crippen LogP contribution in [0.25, 0.3) is 0 Å². The summed E-state index contributed by atoms with van der Waals surface area (Å²) in [6.45, 7) is 7.18. The van der Waals surface area contributed by atoms with Crippen molar-refractivity contribution in [1.82, 2.24) is 10.6 Å². The quantitative estimate of drug-likeness (QED) is 0.612. The van der Waals surface area contributed by atoms with E-state index < -0.39 is 0 Å². The molecule has 2 rings (SSSR count). The average Bonchev–Trinajstić information content (AvgIpc) is 2.72. The molecule has 2 nitrogen and oxygen atoms in total. The van der Waals surface area contributed by atoms with Crippen LogP contribution in [0.4, 0.5) is 0 Å². The third-order valence-electron chi connectivity index (χ3n) is 3.44. The van der Waals surface area contributed by atoms with Crippen molar-refractivity contribution in [3.63, 3.8) is 0 Å². The Kier molecular flexibility index (Phi) is 2.37. The van der Waals surface area contributed by atoms with Crippen LogP contribution in [0.5, 0.6) is 0 Å². The van der Waals surface area contributed by atoms with Gasteiger partial charge in [0.2, 0.25) is 0 Å². The van der Waals surface area contributed by atoms with E-state index in [9.17, 15) is 0 Å². The lowest BCUT2D eigenvalue weighted by molar-refractivity contribution is 0.376. The SMILES string of the molecule is CCCNCC1CNCC12CC2. The smallest absolute Gasteiger partial charge is 0.00116 e. The fourth-order valence-electron chi connectivity index (χ4n) is 2.34. The van der Waals surface area contributed by atoms with E-state index in [1.54, 1.807) is 0 Å². The maximum atomic E-state index is 3.53. The minimum Gasteiger partial charge on any atom is -0.316 e. The van der Waals surface area contributed by atoms with Crippen molar-refractivity contribution in [3.05, 3.63) is 0 Å². The van der Waals surface area contributed by atoms with Crippen LogP contribution in [0.15, 0.2) is 0 Å². The van der Waals surface area contributed by atoms with Crippen LogP contribution in [0.1, 0.15) is 26.2 Å². The Morgan fingerprint density at radius 1 is 1.50 bits per heavy atom. The van der Waals surface area contributed by atoms with Gasteiger partial charge in [0.15, 0.2) is 0 Å². The van der Waals surface area contributed by atoms with E-state index in [0.29, 0.717) is 0 Å². The summed E-state index contributed by atoms with van der Waals surface area (Å²) in [5.74, 6) is 0.920. The van der Waals surface area contributed by atoms with E-state index in [2.05, 4.69) is 17.6 Å². The Hall–Kier alpha value is -0.0800. The summed E-state index contributed by atoms with van der Waals surface area (Å²) in [7, 11) is 0. The van der Waals surface area contributed by atoms with Crippen molar-refractivity contribution in [2.24, 2.45) is 11.3 Å². The van der Waals surface area contributed by atoms with E-state index in [-0.39, 0.29) is 0 Å². The molecule has 1 atom stereocenters. The Morgan fingerprint density at radius 2 is 2.33 bits per heavy atom. The molecular weight excluding hydrogens is 148 g/mol. The zero-order valence-corrected chi connectivity index (χ0v) is 8.03. The fourth-order valence-corrected chi connectivity index (χ4v) is 2.34. The predicted molar refractivity (Wildman–Crippen MR) is 51.2 cm³/mol. The van der Waals surface area contributed by atoms with Crippen molar-refractivity contribution in [3.8, 4) is 0 Å². The summed E-state index contributed by atoms with van der Waals surface area (Å²) < 4.78 is 0. The van der Waals surface area contributed by atoms with Crippen LogP contribution in [0.2, 0.25) is 0 Å². The molecule has 0 bridgehead atoms. The number of hydrogen-bond acceptors (Lipinski definition) is 2. The van der Waals surface area contributed by atoms with Crippen LogP contribution < -0.4 is 10.6 Å². The number of hydrogen-bond donors (Lipinski definition) is 2. The largest absolute Gasteiger partial charge is 0.316 e. The summed E-state index contributed by atoms with van der Waals surface area (Å²) in [6.07, 6.45) is 4.20. The molecule has 0 amide bonds. The molecule has 0 aromatic carbocycles. The first-order chi connectivity index (χ1) is 5.87. The highest BCUT2D eigenvalue weighted by Crippen LogP contribution is 2.53. The Balaban J connectivity index is 1.73. The molecule has 0 aromatic rings. The summed E-state index contributed by atoms with van der Waals surface area (Å²) in [4.78, 5) is 0. The lowest BCUT2D eigenvalue weighted by Gasteiger charge is -2.17. The molecule has 2 heteroatoms. The van der Waals surface area contributed by atoms with Gasteiger partial charge < -0.3 is 10.6 Å². The van der Waals surface area contributed by atoms with Gasteiger partial charge in [0.1, 0.15) is 0 Å². The van der Waals surface area contributed by atoms with Gasteiger partial charge in [-0.3, -0.25) is 0 Å². The van der Waals surface area contributed by atoms with E-state index in [1.807, 2.05) is 0 Å². The molecule has 1 unspecified atom stereocenters. The van der Waals surface area contributed by atoms with Gasteiger partial charge in [-0.1, -0.05) is 6.92 Å². The lowest BCUT2D eigenvalue weighted by Crippen LogP contribution is -2.29. The molecule has 1 saturated carbocycles. The van der Waals surface area contributed by atoms with Gasteiger partial charge in [-0.15, -0.1) is 0 Å². The maximum absolute atomic E-state index is 3.53. The Bertz CT molecular complexity index is 152. The molecule has 12 heavy (non-hydrogen) atoms. The van der Waals surface area contributed by atoms with E-state index in [1.165, 1.54) is 45.4 Å². The highest BCUT2D eigenvalue weighted by molar-refractivity contribution is 5.05. The first-order valence-corrected chi connectivity index (χ1v) is 5.29. The Morgan fingerprint density at radius 3 is 3.00 bits per heavy atom. The second-order valence-corrected chi connectivity index (χ2v) is 4.39. The minimum atomic E-state index is 0.737. The molecule has 2 aliphatic rings. The second kappa shape index (κ2) is 3.35. The molecule has 1 aliphatic carbocycles. The average molecular weight is 168 g/mol. The van der Waals surface area contributed by atoms with Crippen molar-refractivity contribution in [1.29, 1.82) is 0 Å². The van der Waals surface area contributed by atoms with E-state index >= 15 is 0 Å². The predicted octanol–water partition coefficient (Wildman–Crippen LogP) is 0.986. The minimum absolute atomic E-state index is 0.737. The monoisotopic (exact) mass is 168 g/mol. The van der Waals surface area contributed by atoms with E-state index in [0.717, 1.165) is 11.3 Å². The Labute approximate surface area is 75.1 Å². The summed E-state index contributed by atoms with van der Waals surface area (Å²) >= 11 is 0. The van der Waals surface area contributed by atoms with Gasteiger partial charge in [0.05, 0.1) is 0 Å². The molecule has 1 heterocycles. The molecule has 1 saturated heterocycles. The van der Waals surface area contributed by atoms with Crippen LogP contribution in [-0.2, 0) is 0 Å². The van der Waals surface area contributed by atoms with Gasteiger partial charge in [0.25, 0.3) is 0 Å². The molecule has 2 fully saturated rings. The highest BCUT2D eigenvalue weighted by Gasteiger charge is 2.51. The maximum Gasteiger partial charge on any atom is 0.00116 e. The zero-order chi connectivity index (χ0) is 8.44. The molecule has 1 aliphatic heterocycles. The van der Waals surface area contributed by atoms with Gasteiger partial charge in [-0.25, -0.2) is 0 Å². The number of rotatable bonds is 4. The molecule has 70 valence electrons. The summed E-state index contributed by atoms with van der Waals surface area (Å²) in [5, 5.41) is 7.04. The molecule has 2 N–H and O–H groups in total.